The van der Waals surface area contributed by atoms with Crippen molar-refractivity contribution in [3.8, 4) is 0 Å². The summed E-state index contributed by atoms with van der Waals surface area (Å²) in [5, 5.41) is 0. The fraction of sp³-hybridized carbons (Fsp3) is 0.909. The molecule has 0 saturated heterocycles. The Morgan fingerprint density at radius 1 is 1.05 bits per heavy atom. The Balaban J connectivity index is 5.40. The van der Waals surface area contributed by atoms with Crippen molar-refractivity contribution in [2.24, 2.45) is 0 Å². The smallest absolute Gasteiger partial charge is 0.369 e. The summed E-state index contributed by atoms with van der Waals surface area (Å²) in [6, 6.07) is 2.46. The van der Waals surface area contributed by atoms with E-state index in [2.05, 4.69) is 4.74 Å². The number of hydrogen-bond acceptors (Lipinski definition) is 6. The van der Waals surface area contributed by atoms with Crippen molar-refractivity contribution in [2.45, 2.75) is 44.7 Å². The first-order chi connectivity index (χ1) is 8.88. The Labute approximate surface area is 116 Å². The molecule has 0 saturated carbocycles. The maximum Gasteiger partial charge on any atom is 0.369 e. The zero-order valence-electron chi connectivity index (χ0n) is 12.6. The average molecular weight is 312 g/mol. The second-order valence-corrected chi connectivity index (χ2v) is 11.1. The predicted octanol–water partition coefficient (Wildman–Crippen LogP) is 2.99. The number of carbonyl (C=O) groups is 1. The third-order valence-corrected chi connectivity index (χ3v) is 10.2. The highest BCUT2D eigenvalue weighted by atomic mass is 31.2. The van der Waals surface area contributed by atoms with Crippen LogP contribution in [0.5, 0.6) is 0 Å². The SMILES string of the molecule is CC[Si](CC)(CC)OC(C(=O)OC)P(=O)(OC)OC. The Morgan fingerprint density at radius 2 is 1.47 bits per heavy atom. The second kappa shape index (κ2) is 8.17. The van der Waals surface area contributed by atoms with Gasteiger partial charge in [-0.2, -0.15) is 0 Å². The first-order valence-electron chi connectivity index (χ1n) is 6.35. The van der Waals surface area contributed by atoms with Crippen LogP contribution in [0.25, 0.3) is 0 Å². The van der Waals surface area contributed by atoms with Crippen LogP contribution in [-0.2, 0) is 27.6 Å². The highest BCUT2D eigenvalue weighted by molar-refractivity contribution is 7.55. The van der Waals surface area contributed by atoms with E-state index in [4.69, 9.17) is 13.5 Å². The Bertz CT molecular complexity index is 315. The molecule has 19 heavy (non-hydrogen) atoms. The summed E-state index contributed by atoms with van der Waals surface area (Å²) >= 11 is 0. The minimum absolute atomic E-state index is 0.723. The fourth-order valence-corrected chi connectivity index (χ4v) is 6.50. The minimum atomic E-state index is -3.66. The predicted molar refractivity (Wildman–Crippen MR) is 75.7 cm³/mol. The van der Waals surface area contributed by atoms with Gasteiger partial charge in [0, 0.05) is 14.2 Å². The third kappa shape index (κ3) is 4.39. The first kappa shape index (κ1) is 18.8. The molecule has 0 amide bonds. The van der Waals surface area contributed by atoms with E-state index in [9.17, 15) is 9.36 Å². The van der Waals surface area contributed by atoms with Gasteiger partial charge >= 0.3 is 13.6 Å². The van der Waals surface area contributed by atoms with Crippen LogP contribution in [0.2, 0.25) is 18.1 Å². The molecule has 6 nitrogen and oxygen atoms in total. The highest BCUT2D eigenvalue weighted by Crippen LogP contribution is 2.53. The molecule has 0 aromatic heterocycles. The summed E-state index contributed by atoms with van der Waals surface area (Å²) in [4.78, 5) is 11.8. The number of rotatable bonds is 9. The Kier molecular flexibility index (Phi) is 8.08. The topological polar surface area (TPSA) is 71.1 Å². The highest BCUT2D eigenvalue weighted by Gasteiger charge is 2.47. The summed E-state index contributed by atoms with van der Waals surface area (Å²) in [5.41, 5.74) is 0. The normalized spacial score (nSPS) is 14.2. The number of hydrogen-bond donors (Lipinski definition) is 0. The molecule has 1 unspecified atom stereocenters. The molecule has 0 heterocycles. The lowest BCUT2D eigenvalue weighted by Gasteiger charge is -2.33. The molecule has 1 atom stereocenters. The van der Waals surface area contributed by atoms with Gasteiger partial charge in [-0.25, -0.2) is 4.79 Å². The molecule has 0 N–H and O–H groups in total. The Hall–Kier alpha value is -0.203. The lowest BCUT2D eigenvalue weighted by atomic mass is 10.7. The molecule has 0 bridgehead atoms. The summed E-state index contributed by atoms with van der Waals surface area (Å²) in [6.07, 6.45) is 0. The molecule has 0 spiro atoms. The average Bonchev–Trinajstić information content (AvgIpc) is 2.47. The van der Waals surface area contributed by atoms with Crippen LogP contribution < -0.4 is 0 Å². The van der Waals surface area contributed by atoms with E-state index >= 15 is 0 Å². The molecule has 8 heteroatoms. The minimum Gasteiger partial charge on any atom is -0.467 e. The van der Waals surface area contributed by atoms with Gasteiger partial charge in [0.05, 0.1) is 7.11 Å². The zero-order valence-corrected chi connectivity index (χ0v) is 14.5. The Morgan fingerprint density at radius 3 is 1.74 bits per heavy atom. The van der Waals surface area contributed by atoms with Crippen LogP contribution in [0.4, 0.5) is 0 Å². The maximum absolute atomic E-state index is 12.4. The fourth-order valence-electron chi connectivity index (χ4n) is 1.85. The lowest BCUT2D eigenvalue weighted by Crippen LogP contribution is -2.43. The van der Waals surface area contributed by atoms with Gasteiger partial charge in [-0.3, -0.25) is 4.57 Å². The maximum atomic E-state index is 12.4. The molecular weight excluding hydrogens is 287 g/mol. The van der Waals surface area contributed by atoms with Gasteiger partial charge in [-0.1, -0.05) is 20.8 Å². The number of carbonyl (C=O) groups excluding carboxylic acids is 1. The third-order valence-electron chi connectivity index (χ3n) is 3.49. The van der Waals surface area contributed by atoms with Crippen molar-refractivity contribution in [2.75, 3.05) is 21.3 Å². The van der Waals surface area contributed by atoms with E-state index in [-0.39, 0.29) is 0 Å². The van der Waals surface area contributed by atoms with E-state index in [0.717, 1.165) is 18.1 Å². The van der Waals surface area contributed by atoms with Crippen molar-refractivity contribution in [3.63, 3.8) is 0 Å². The lowest BCUT2D eigenvalue weighted by molar-refractivity contribution is -0.146. The van der Waals surface area contributed by atoms with Crippen molar-refractivity contribution in [1.82, 2.24) is 0 Å². The molecule has 0 radical (unpaired) electrons. The van der Waals surface area contributed by atoms with Crippen LogP contribution in [0.1, 0.15) is 20.8 Å². The molecule has 0 fully saturated rings. The van der Waals surface area contributed by atoms with E-state index in [1.165, 1.54) is 21.3 Å². The molecule has 0 aliphatic heterocycles. The second-order valence-electron chi connectivity index (χ2n) is 4.14. The van der Waals surface area contributed by atoms with Gasteiger partial charge in [0.1, 0.15) is 0 Å². The molecule has 114 valence electrons. The van der Waals surface area contributed by atoms with Gasteiger partial charge in [0.15, 0.2) is 8.32 Å². The van der Waals surface area contributed by atoms with Gasteiger partial charge in [-0.05, 0) is 18.1 Å². The van der Waals surface area contributed by atoms with E-state index in [1.54, 1.807) is 0 Å². The van der Waals surface area contributed by atoms with Crippen LogP contribution in [0, 0.1) is 0 Å². The number of ether oxygens (including phenoxy) is 1. The van der Waals surface area contributed by atoms with Gasteiger partial charge < -0.3 is 18.2 Å². The molecule has 0 rings (SSSR count). The van der Waals surface area contributed by atoms with Crippen molar-refractivity contribution >= 4 is 21.9 Å². The zero-order chi connectivity index (χ0) is 15.1. The van der Waals surface area contributed by atoms with Crippen LogP contribution in [0.15, 0.2) is 0 Å². The van der Waals surface area contributed by atoms with E-state index < -0.39 is 27.7 Å². The summed E-state index contributed by atoms with van der Waals surface area (Å²) in [6.45, 7) is 6.04. The summed E-state index contributed by atoms with van der Waals surface area (Å²) in [5.74, 6) is -2.03. The van der Waals surface area contributed by atoms with Gasteiger partial charge in [0.2, 0.25) is 5.85 Å². The standard InChI is InChI=1S/C11H25O6PSi/c1-7-19(8-2,9-3)17-11(10(12)14-4)18(13,15-5)16-6/h11H,7-9H2,1-6H3. The largest absolute Gasteiger partial charge is 0.467 e. The van der Waals surface area contributed by atoms with Crippen molar-refractivity contribution < 1.29 is 27.6 Å². The quantitative estimate of drug-likeness (QED) is 0.370. The van der Waals surface area contributed by atoms with Crippen LogP contribution >= 0.6 is 7.60 Å². The van der Waals surface area contributed by atoms with Crippen molar-refractivity contribution in [3.05, 3.63) is 0 Å². The van der Waals surface area contributed by atoms with E-state index in [0.29, 0.717) is 0 Å². The summed E-state index contributed by atoms with van der Waals surface area (Å²) < 4.78 is 32.8. The van der Waals surface area contributed by atoms with Gasteiger partial charge in [0.25, 0.3) is 0 Å². The van der Waals surface area contributed by atoms with Crippen LogP contribution in [-0.4, -0.2) is 41.5 Å². The molecule has 0 aromatic rings. The molecule has 0 aliphatic carbocycles. The summed E-state index contributed by atoms with van der Waals surface area (Å²) in [7, 11) is -2.11. The molecule has 0 aromatic carbocycles. The van der Waals surface area contributed by atoms with Crippen molar-refractivity contribution in [1.29, 1.82) is 0 Å². The monoisotopic (exact) mass is 312 g/mol. The van der Waals surface area contributed by atoms with E-state index in [1.807, 2.05) is 20.8 Å². The molecule has 0 aliphatic rings. The van der Waals surface area contributed by atoms with Gasteiger partial charge in [-0.15, -0.1) is 0 Å². The number of esters is 1. The number of methoxy groups -OCH3 is 1. The van der Waals surface area contributed by atoms with Crippen LogP contribution in [0.3, 0.4) is 0 Å². The first-order valence-corrected chi connectivity index (χ1v) is 10.5. The molecular formula is C11H25O6PSi.